The first-order valence-corrected chi connectivity index (χ1v) is 24.5. The average molecular weight is 995 g/mol. The van der Waals surface area contributed by atoms with Gasteiger partial charge in [0.1, 0.15) is 5.75 Å². The molecule has 3 heterocycles. The Kier molecular flexibility index (Phi) is 16.6. The minimum absolute atomic E-state index is 0.0161. The van der Waals surface area contributed by atoms with Crippen molar-refractivity contribution < 1.29 is 33.5 Å². The molecule has 8 rings (SSSR count). The number of carbonyl (C=O) groups excluding carboxylic acids is 6. The number of hydrogen-bond donors (Lipinski definition) is 12. The average Bonchev–Trinajstić information content (AvgIpc) is 3.35. The van der Waals surface area contributed by atoms with Gasteiger partial charge in [-0.05, 0) is 157 Å². The van der Waals surface area contributed by atoms with Crippen LogP contribution in [0.4, 0.5) is 62.9 Å². The van der Waals surface area contributed by atoms with Gasteiger partial charge in [-0.2, -0.15) is 0 Å². The normalized spacial score (nSPS) is 14.9. The van der Waals surface area contributed by atoms with Crippen LogP contribution in [0.1, 0.15) is 98.7 Å². The third-order valence-electron chi connectivity index (χ3n) is 13.4. The molecule has 0 fully saturated rings. The maximum Gasteiger partial charge on any atom is 0.319 e. The second-order valence-electron chi connectivity index (χ2n) is 18.1. The smallest absolute Gasteiger partial charge is 0.319 e. The van der Waals surface area contributed by atoms with Crippen LogP contribution in [0.15, 0.2) is 54.6 Å². The standard InChI is InChI=1S/C54H66N12O7/c1-10-33-39-25-58-52(70)64-45-19-28(4)13-16-42(45)61-49(67)55-22-36-31(7)37-23-56-50(68)62-43-17-14-29(5)20-46(43)65-53(71)59-26-40(33)35(12-3)41(34(39)11-2)27-60-54(72)66-47-21-30(6)15-18-44(47)63-51(69)57-24-38(32(36)8)48(37)73-9/h13-21H,10-12,22-27H2,1-9H3,(H2,55,61,67)(H2,56,62,68)(H2,57,63,69)(H2,58,64,70)(H2,59,65,71)(H2,60,66,72). The molecule has 0 spiro atoms. The van der Waals surface area contributed by atoms with E-state index >= 15 is 0 Å². The van der Waals surface area contributed by atoms with E-state index in [1.165, 1.54) is 7.11 Å². The van der Waals surface area contributed by atoms with E-state index in [1.54, 1.807) is 36.4 Å². The molecule has 0 unspecified atom stereocenters. The Morgan fingerprint density at radius 1 is 0.356 bits per heavy atom. The van der Waals surface area contributed by atoms with Crippen molar-refractivity contribution >= 4 is 70.3 Å². The lowest BCUT2D eigenvalue weighted by Gasteiger charge is -2.27. The van der Waals surface area contributed by atoms with Gasteiger partial charge in [0.05, 0.1) is 41.2 Å². The molecule has 0 saturated carbocycles. The first-order valence-electron chi connectivity index (χ1n) is 24.5. The van der Waals surface area contributed by atoms with E-state index < -0.39 is 36.2 Å². The van der Waals surface area contributed by atoms with Crippen molar-refractivity contribution in [2.24, 2.45) is 0 Å². The molecule has 6 bridgehead atoms. The van der Waals surface area contributed by atoms with Crippen LogP contribution < -0.4 is 68.5 Å². The molecule has 5 aromatic carbocycles. The summed E-state index contributed by atoms with van der Waals surface area (Å²) in [5, 5.41) is 35.6. The van der Waals surface area contributed by atoms with Crippen molar-refractivity contribution in [3.05, 3.63) is 132 Å². The highest BCUT2D eigenvalue weighted by Gasteiger charge is 2.26. The largest absolute Gasteiger partial charge is 0.496 e. The molecular weight excluding hydrogens is 929 g/mol. The molecule has 12 N–H and O–H groups in total. The Morgan fingerprint density at radius 3 is 0.863 bits per heavy atom. The Morgan fingerprint density at radius 2 is 0.603 bits per heavy atom. The predicted octanol–water partition coefficient (Wildman–Crippen LogP) is 9.48. The summed E-state index contributed by atoms with van der Waals surface area (Å²) >= 11 is 0. The monoisotopic (exact) mass is 995 g/mol. The molecule has 5 aromatic rings. The van der Waals surface area contributed by atoms with Gasteiger partial charge in [-0.25, -0.2) is 28.8 Å². The van der Waals surface area contributed by atoms with Gasteiger partial charge < -0.3 is 68.5 Å². The molecule has 12 amide bonds. The molecule has 19 nitrogen and oxygen atoms in total. The number of rotatable bonds is 4. The molecular formula is C54H66N12O7. The molecule has 19 heteroatoms. The second kappa shape index (κ2) is 23.2. The molecule has 0 aromatic heterocycles. The fourth-order valence-electron chi connectivity index (χ4n) is 9.74. The summed E-state index contributed by atoms with van der Waals surface area (Å²) in [6.07, 6.45) is 1.63. The van der Waals surface area contributed by atoms with E-state index in [2.05, 4.69) is 63.8 Å². The van der Waals surface area contributed by atoms with Crippen LogP contribution in [0, 0.1) is 34.6 Å². The Balaban J connectivity index is 1.42. The highest BCUT2D eigenvalue weighted by atomic mass is 16.5. The number of fused-ring (bicyclic) bond motifs is 18. The number of nitrogens with one attached hydrogen (secondary N) is 12. The van der Waals surface area contributed by atoms with Crippen LogP contribution in [0.3, 0.4) is 0 Å². The van der Waals surface area contributed by atoms with Crippen LogP contribution in [0.2, 0.25) is 0 Å². The number of hydrogen-bond acceptors (Lipinski definition) is 7. The van der Waals surface area contributed by atoms with E-state index in [1.807, 2.05) is 73.6 Å². The summed E-state index contributed by atoms with van der Waals surface area (Å²) in [5.74, 6) is 0.399. The SMILES string of the molecule is CCc1c2c(CC)c3c(CC)c1CNC(=O)Nc1cc(C)ccc1NC(=O)NCc1c(C)c(c(C)c(c1OC)CNC(=O)Nc1ccc(C)cc1NC(=O)NC3)CNC(=O)Nc1ccc(C)cc1NC(=O)NC2. The van der Waals surface area contributed by atoms with Gasteiger partial charge in [-0.3, -0.25) is 0 Å². The van der Waals surface area contributed by atoms with Crippen LogP contribution >= 0.6 is 0 Å². The lowest BCUT2D eigenvalue weighted by Crippen LogP contribution is -2.34. The van der Waals surface area contributed by atoms with Crippen molar-refractivity contribution in [2.45, 2.75) is 114 Å². The number of ether oxygens (including phenoxy) is 1. The van der Waals surface area contributed by atoms with Crippen molar-refractivity contribution in [1.29, 1.82) is 0 Å². The van der Waals surface area contributed by atoms with Crippen LogP contribution in [-0.2, 0) is 58.5 Å². The molecule has 384 valence electrons. The van der Waals surface area contributed by atoms with Crippen molar-refractivity contribution in [3.8, 4) is 5.75 Å². The second-order valence-corrected chi connectivity index (χ2v) is 18.1. The van der Waals surface area contributed by atoms with E-state index in [4.69, 9.17) is 4.74 Å². The summed E-state index contributed by atoms with van der Waals surface area (Å²) in [4.78, 5) is 83.6. The number of aryl methyl sites for hydroxylation is 3. The third-order valence-corrected chi connectivity index (χ3v) is 13.4. The maximum atomic E-state index is 14.0. The number of methoxy groups -OCH3 is 1. The van der Waals surface area contributed by atoms with E-state index in [9.17, 15) is 28.8 Å². The van der Waals surface area contributed by atoms with E-state index in [0.29, 0.717) is 87.0 Å². The Hall–Kier alpha value is -8.48. The van der Waals surface area contributed by atoms with Crippen molar-refractivity contribution in [3.63, 3.8) is 0 Å². The van der Waals surface area contributed by atoms with Gasteiger partial charge in [0, 0.05) is 50.4 Å². The number of benzene rings is 5. The summed E-state index contributed by atoms with van der Waals surface area (Å²) in [6.45, 7) is 15.6. The van der Waals surface area contributed by atoms with Gasteiger partial charge in [-0.15, -0.1) is 0 Å². The van der Waals surface area contributed by atoms with E-state index in [-0.39, 0.29) is 39.3 Å². The molecule has 0 radical (unpaired) electrons. The fourth-order valence-corrected chi connectivity index (χ4v) is 9.74. The first-order chi connectivity index (χ1) is 35.0. The molecule has 0 saturated heterocycles. The van der Waals surface area contributed by atoms with Gasteiger partial charge in [0.25, 0.3) is 0 Å². The third kappa shape index (κ3) is 12.2. The highest BCUT2D eigenvalue weighted by molar-refractivity contribution is 6.01. The fraction of sp³-hybridized carbons (Fsp3) is 0.333. The first kappa shape index (κ1) is 52.3. The molecule has 73 heavy (non-hydrogen) atoms. The zero-order valence-electron chi connectivity index (χ0n) is 42.9. The Bertz CT molecular complexity index is 2850. The highest BCUT2D eigenvalue weighted by Crippen LogP contribution is 2.36. The zero-order chi connectivity index (χ0) is 52.5. The summed E-state index contributed by atoms with van der Waals surface area (Å²) < 4.78 is 6.05. The predicted molar refractivity (Wildman–Crippen MR) is 286 cm³/mol. The maximum absolute atomic E-state index is 14.0. The zero-order valence-corrected chi connectivity index (χ0v) is 42.9. The van der Waals surface area contributed by atoms with Gasteiger partial charge in [0.2, 0.25) is 0 Å². The van der Waals surface area contributed by atoms with Crippen molar-refractivity contribution in [2.75, 3.05) is 39.0 Å². The lowest BCUT2D eigenvalue weighted by molar-refractivity contribution is 0.250. The number of urea groups is 6. The van der Waals surface area contributed by atoms with Gasteiger partial charge in [0.15, 0.2) is 0 Å². The number of carbonyl (C=O) groups is 6. The lowest BCUT2D eigenvalue weighted by atomic mass is 9.83. The number of amides is 12. The van der Waals surface area contributed by atoms with Crippen LogP contribution in [0.25, 0.3) is 0 Å². The molecule has 0 atom stereocenters. The quantitative estimate of drug-likeness (QED) is 0.0830. The van der Waals surface area contributed by atoms with Gasteiger partial charge >= 0.3 is 36.2 Å². The summed E-state index contributed by atoms with van der Waals surface area (Å²) in [6, 6.07) is 12.6. The molecule has 3 aliphatic heterocycles. The van der Waals surface area contributed by atoms with Crippen LogP contribution in [-0.4, -0.2) is 43.3 Å². The topological polar surface area (TPSA) is 256 Å². The van der Waals surface area contributed by atoms with E-state index in [0.717, 1.165) is 50.1 Å². The molecule has 3 aliphatic rings. The van der Waals surface area contributed by atoms with Gasteiger partial charge in [-0.1, -0.05) is 39.0 Å². The minimum atomic E-state index is -0.573. The summed E-state index contributed by atoms with van der Waals surface area (Å²) in [7, 11) is 1.50. The van der Waals surface area contributed by atoms with Crippen molar-refractivity contribution in [1.82, 2.24) is 31.9 Å². The minimum Gasteiger partial charge on any atom is -0.496 e. The summed E-state index contributed by atoms with van der Waals surface area (Å²) in [5.41, 5.74) is 13.1. The Labute approximate surface area is 425 Å². The number of anilines is 6. The van der Waals surface area contributed by atoms with Crippen LogP contribution in [0.5, 0.6) is 5.75 Å². The molecule has 0 aliphatic carbocycles.